The van der Waals surface area contributed by atoms with E-state index in [0.29, 0.717) is 32.4 Å². The molecule has 1 atom stereocenters. The molecular formula is C29H30ClN5O4S2. The summed E-state index contributed by atoms with van der Waals surface area (Å²) in [6, 6.07) is 13.5. The van der Waals surface area contributed by atoms with Crippen molar-refractivity contribution in [3.8, 4) is 22.8 Å². The van der Waals surface area contributed by atoms with E-state index in [9.17, 15) is 9.59 Å². The van der Waals surface area contributed by atoms with Gasteiger partial charge < -0.3 is 19.7 Å². The van der Waals surface area contributed by atoms with Crippen LogP contribution in [0.25, 0.3) is 11.3 Å². The van der Waals surface area contributed by atoms with Crippen molar-refractivity contribution in [1.82, 2.24) is 19.9 Å². The van der Waals surface area contributed by atoms with E-state index in [1.807, 2.05) is 37.4 Å². The van der Waals surface area contributed by atoms with E-state index < -0.39 is 6.04 Å². The molecule has 0 aliphatic carbocycles. The highest BCUT2D eigenvalue weighted by atomic mass is 35.5. The quantitative estimate of drug-likeness (QED) is 0.162. The monoisotopic (exact) mass is 611 g/mol. The standard InChI is InChI=1S/C29H30ClN5O4S2/c1-17-12-18(2)32-29(31-17)41-16-27(36)35(14-26-33-24(15-40-26)20-6-8-21(30)9-7-20)19(3)28(37)34-23-11-10-22(38-4)13-25(23)39-5/h6-13,15,19H,14,16H2,1-5H3,(H,34,37). The third kappa shape index (κ3) is 7.96. The van der Waals surface area contributed by atoms with Gasteiger partial charge in [-0.3, -0.25) is 9.59 Å². The predicted octanol–water partition coefficient (Wildman–Crippen LogP) is 6.04. The number of carbonyl (C=O) groups excluding carboxylic acids is 2. The highest BCUT2D eigenvalue weighted by molar-refractivity contribution is 7.99. The number of anilines is 1. The molecule has 0 saturated heterocycles. The molecule has 0 aliphatic rings. The largest absolute Gasteiger partial charge is 0.497 e. The molecule has 2 amide bonds. The number of thioether (sulfide) groups is 1. The van der Waals surface area contributed by atoms with Crippen LogP contribution in [0.3, 0.4) is 0 Å². The summed E-state index contributed by atoms with van der Waals surface area (Å²) in [5, 5.41) is 6.65. The van der Waals surface area contributed by atoms with E-state index >= 15 is 0 Å². The van der Waals surface area contributed by atoms with Gasteiger partial charge in [0.25, 0.3) is 0 Å². The smallest absolute Gasteiger partial charge is 0.247 e. The number of carbonyl (C=O) groups is 2. The van der Waals surface area contributed by atoms with Crippen molar-refractivity contribution < 1.29 is 19.1 Å². The number of ether oxygens (including phenoxy) is 2. The highest BCUT2D eigenvalue weighted by Crippen LogP contribution is 2.30. The molecule has 0 bridgehead atoms. The van der Waals surface area contributed by atoms with Gasteiger partial charge in [0.2, 0.25) is 11.8 Å². The first-order chi connectivity index (χ1) is 19.7. The summed E-state index contributed by atoms with van der Waals surface area (Å²) in [6.45, 7) is 5.61. The SMILES string of the molecule is COc1ccc(NC(=O)C(C)N(Cc2nc(-c3ccc(Cl)cc3)cs2)C(=O)CSc2nc(C)cc(C)n2)c(OC)c1. The van der Waals surface area contributed by atoms with Crippen molar-refractivity contribution in [3.63, 3.8) is 0 Å². The van der Waals surface area contributed by atoms with Crippen LogP contribution in [0.2, 0.25) is 5.02 Å². The Morgan fingerprint density at radius 2 is 1.73 bits per heavy atom. The number of nitrogens with one attached hydrogen (secondary N) is 1. The lowest BCUT2D eigenvalue weighted by Gasteiger charge is -2.28. The van der Waals surface area contributed by atoms with Gasteiger partial charge >= 0.3 is 0 Å². The number of halogens is 1. The van der Waals surface area contributed by atoms with Crippen LogP contribution in [0.5, 0.6) is 11.5 Å². The topological polar surface area (TPSA) is 107 Å². The molecule has 0 aliphatic heterocycles. The second kappa shape index (κ2) is 13.8. The van der Waals surface area contributed by atoms with Crippen molar-refractivity contribution in [2.24, 2.45) is 0 Å². The van der Waals surface area contributed by atoms with E-state index in [-0.39, 0.29) is 24.1 Å². The minimum atomic E-state index is -0.821. The number of nitrogens with zero attached hydrogens (tertiary/aromatic N) is 4. The molecule has 0 fully saturated rings. The van der Waals surface area contributed by atoms with Gasteiger partial charge in [-0.25, -0.2) is 15.0 Å². The Morgan fingerprint density at radius 3 is 2.39 bits per heavy atom. The van der Waals surface area contributed by atoms with Gasteiger partial charge in [-0.1, -0.05) is 35.5 Å². The first-order valence-corrected chi connectivity index (χ1v) is 14.9. The second-order valence-corrected chi connectivity index (χ2v) is 11.4. The lowest BCUT2D eigenvalue weighted by molar-refractivity contribution is -0.136. The van der Waals surface area contributed by atoms with Crippen LogP contribution in [0, 0.1) is 13.8 Å². The third-order valence-corrected chi connectivity index (χ3v) is 8.04. The van der Waals surface area contributed by atoms with Gasteiger partial charge in [0.05, 0.1) is 37.9 Å². The molecule has 9 nitrogen and oxygen atoms in total. The summed E-state index contributed by atoms with van der Waals surface area (Å²) in [6.07, 6.45) is 0. The number of amides is 2. The fourth-order valence-corrected chi connectivity index (χ4v) is 5.73. The van der Waals surface area contributed by atoms with Crippen molar-refractivity contribution in [2.75, 3.05) is 25.3 Å². The Balaban J connectivity index is 1.56. The Labute approximate surface area is 252 Å². The van der Waals surface area contributed by atoms with Crippen LogP contribution in [0.1, 0.15) is 23.3 Å². The van der Waals surface area contributed by atoms with Gasteiger partial charge in [0.15, 0.2) is 5.16 Å². The van der Waals surface area contributed by atoms with Crippen LogP contribution in [0.4, 0.5) is 5.69 Å². The highest BCUT2D eigenvalue weighted by Gasteiger charge is 2.28. The fraction of sp³-hybridized carbons (Fsp3) is 0.276. The molecule has 214 valence electrons. The molecule has 2 aromatic heterocycles. The van der Waals surface area contributed by atoms with Crippen LogP contribution in [-0.2, 0) is 16.1 Å². The van der Waals surface area contributed by atoms with Crippen molar-refractivity contribution in [1.29, 1.82) is 0 Å². The van der Waals surface area contributed by atoms with Gasteiger partial charge in [-0.05, 0) is 51.1 Å². The molecule has 0 radical (unpaired) electrons. The van der Waals surface area contributed by atoms with Gasteiger partial charge in [-0.2, -0.15) is 0 Å². The number of methoxy groups -OCH3 is 2. The Morgan fingerprint density at radius 1 is 1.02 bits per heavy atom. The van der Waals surface area contributed by atoms with Crippen LogP contribution < -0.4 is 14.8 Å². The first-order valence-electron chi connectivity index (χ1n) is 12.6. The van der Waals surface area contributed by atoms with Crippen LogP contribution in [0.15, 0.2) is 59.1 Å². The lowest BCUT2D eigenvalue weighted by Crippen LogP contribution is -2.46. The minimum Gasteiger partial charge on any atom is -0.497 e. The maximum atomic E-state index is 13.6. The van der Waals surface area contributed by atoms with Gasteiger partial charge in [0, 0.05) is 33.4 Å². The van der Waals surface area contributed by atoms with E-state index in [2.05, 4.69) is 15.3 Å². The molecule has 0 saturated carbocycles. The van der Waals surface area contributed by atoms with Gasteiger partial charge in [-0.15, -0.1) is 11.3 Å². The van der Waals surface area contributed by atoms with E-state index in [1.54, 1.807) is 44.4 Å². The van der Waals surface area contributed by atoms with Crippen molar-refractivity contribution in [2.45, 2.75) is 38.5 Å². The maximum Gasteiger partial charge on any atom is 0.247 e. The van der Waals surface area contributed by atoms with Crippen molar-refractivity contribution in [3.05, 3.63) is 75.3 Å². The zero-order valence-electron chi connectivity index (χ0n) is 23.3. The number of thiazole rings is 1. The molecule has 2 heterocycles. The summed E-state index contributed by atoms with van der Waals surface area (Å²) < 4.78 is 10.7. The summed E-state index contributed by atoms with van der Waals surface area (Å²) in [5.74, 6) is 0.477. The number of hydrogen-bond acceptors (Lipinski definition) is 9. The minimum absolute atomic E-state index is 0.0573. The Kier molecular flexibility index (Phi) is 10.2. The average molecular weight is 612 g/mol. The molecule has 0 spiro atoms. The molecule has 41 heavy (non-hydrogen) atoms. The molecule has 4 aromatic rings. The summed E-state index contributed by atoms with van der Waals surface area (Å²) in [5.41, 5.74) is 3.79. The lowest BCUT2D eigenvalue weighted by atomic mass is 10.2. The molecule has 4 rings (SSSR count). The van der Waals surface area contributed by atoms with Crippen LogP contribution >= 0.6 is 34.7 Å². The molecular weight excluding hydrogens is 582 g/mol. The average Bonchev–Trinajstić information content (AvgIpc) is 3.43. The number of benzene rings is 2. The number of hydrogen-bond donors (Lipinski definition) is 1. The normalized spacial score (nSPS) is 11.6. The summed E-state index contributed by atoms with van der Waals surface area (Å²) in [7, 11) is 3.06. The summed E-state index contributed by atoms with van der Waals surface area (Å²) >= 11 is 8.69. The molecule has 12 heteroatoms. The molecule has 2 aromatic carbocycles. The zero-order valence-corrected chi connectivity index (χ0v) is 25.7. The maximum absolute atomic E-state index is 13.6. The number of aryl methyl sites for hydroxylation is 2. The van der Waals surface area contributed by atoms with Crippen LogP contribution in [-0.4, -0.2) is 57.7 Å². The summed E-state index contributed by atoms with van der Waals surface area (Å²) in [4.78, 5) is 42.1. The second-order valence-electron chi connectivity index (χ2n) is 9.11. The third-order valence-electron chi connectivity index (χ3n) is 6.12. The van der Waals surface area contributed by atoms with Gasteiger partial charge in [0.1, 0.15) is 22.5 Å². The van der Waals surface area contributed by atoms with E-state index in [4.69, 9.17) is 26.1 Å². The van der Waals surface area contributed by atoms with E-state index in [1.165, 1.54) is 35.1 Å². The molecule has 1 unspecified atom stereocenters. The zero-order chi connectivity index (χ0) is 29.5. The van der Waals surface area contributed by atoms with Crippen molar-refractivity contribution >= 4 is 52.2 Å². The number of aromatic nitrogens is 3. The number of rotatable bonds is 11. The Hall–Kier alpha value is -3.67. The predicted molar refractivity (Wildman–Crippen MR) is 163 cm³/mol. The first kappa shape index (κ1) is 30.3. The molecule has 1 N–H and O–H groups in total. The Bertz CT molecular complexity index is 1510. The van der Waals surface area contributed by atoms with E-state index in [0.717, 1.165) is 22.6 Å². The fourth-order valence-electron chi connectivity index (χ4n) is 3.97.